The largest absolute Gasteiger partial charge is 0.433 e. The summed E-state index contributed by atoms with van der Waals surface area (Å²) in [7, 11) is 0. The molecule has 0 radical (unpaired) electrons. The third-order valence-corrected chi connectivity index (χ3v) is 4.56. The molecule has 0 atom stereocenters. The average Bonchev–Trinajstić information content (AvgIpc) is 3.22. The number of nitrogens with zero attached hydrogens (tertiary/aromatic N) is 3. The van der Waals surface area contributed by atoms with E-state index in [2.05, 4.69) is 28.5 Å². The number of rotatable bonds is 10. The smallest absolute Gasteiger partial charge is 0.189 e. The van der Waals surface area contributed by atoms with Crippen molar-refractivity contribution in [1.82, 2.24) is 14.8 Å². The van der Waals surface area contributed by atoms with E-state index in [4.69, 9.17) is 15.6 Å². The molecule has 154 valence electrons. The molecule has 0 fully saturated rings. The highest BCUT2D eigenvalue weighted by molar-refractivity contribution is 5.79. The zero-order chi connectivity index (χ0) is 21.2. The van der Waals surface area contributed by atoms with Crippen molar-refractivity contribution in [2.45, 2.75) is 32.7 Å². The summed E-state index contributed by atoms with van der Waals surface area (Å²) in [6.07, 6.45) is 14.5. The molecule has 0 aliphatic rings. The maximum absolute atomic E-state index is 7.55. The summed E-state index contributed by atoms with van der Waals surface area (Å²) in [6, 6.07) is 10.0. The molecule has 3 aromatic rings. The molecule has 0 amide bonds. The van der Waals surface area contributed by atoms with Crippen LogP contribution in [-0.4, -0.2) is 27.1 Å². The number of aryl methyl sites for hydroxylation is 2. The highest BCUT2D eigenvalue weighted by atomic mass is 16.5. The first-order chi connectivity index (χ1) is 14.7. The van der Waals surface area contributed by atoms with E-state index in [-0.39, 0.29) is 5.90 Å². The van der Waals surface area contributed by atoms with Crippen molar-refractivity contribution in [2.24, 2.45) is 0 Å². The van der Waals surface area contributed by atoms with E-state index in [1.807, 2.05) is 59.7 Å². The SMILES string of the molecule is CCCn1cc(-c2ccncc2/C=C\Nc2ccc(CCC(=N)OC=N)cc2)cn1. The van der Waals surface area contributed by atoms with Gasteiger partial charge in [-0.3, -0.25) is 20.5 Å². The lowest BCUT2D eigenvalue weighted by Gasteiger charge is -2.06. The Hall–Kier alpha value is -3.74. The summed E-state index contributed by atoms with van der Waals surface area (Å²) in [5, 5.41) is 22.1. The highest BCUT2D eigenvalue weighted by Crippen LogP contribution is 2.23. The van der Waals surface area contributed by atoms with Gasteiger partial charge in [-0.15, -0.1) is 0 Å². The van der Waals surface area contributed by atoms with E-state index >= 15 is 0 Å². The van der Waals surface area contributed by atoms with Crippen molar-refractivity contribution in [3.8, 4) is 11.1 Å². The van der Waals surface area contributed by atoms with Crippen molar-refractivity contribution in [3.05, 3.63) is 72.4 Å². The van der Waals surface area contributed by atoms with Gasteiger partial charge < -0.3 is 10.1 Å². The fraction of sp³-hybridized carbons (Fsp3) is 0.217. The number of hydrogen-bond acceptors (Lipinski definition) is 6. The Morgan fingerprint density at radius 3 is 2.80 bits per heavy atom. The molecule has 1 aromatic carbocycles. The Morgan fingerprint density at radius 1 is 1.20 bits per heavy atom. The van der Waals surface area contributed by atoms with Crippen LogP contribution in [0, 0.1) is 10.8 Å². The van der Waals surface area contributed by atoms with E-state index in [0.717, 1.165) is 47.3 Å². The molecule has 2 aromatic heterocycles. The van der Waals surface area contributed by atoms with Crippen molar-refractivity contribution in [2.75, 3.05) is 5.32 Å². The van der Waals surface area contributed by atoms with Gasteiger partial charge in [0.15, 0.2) is 12.3 Å². The van der Waals surface area contributed by atoms with Gasteiger partial charge >= 0.3 is 0 Å². The Morgan fingerprint density at radius 2 is 2.03 bits per heavy atom. The molecule has 3 rings (SSSR count). The van der Waals surface area contributed by atoms with Gasteiger partial charge in [-0.2, -0.15) is 5.10 Å². The molecular formula is C23H26N6O. The lowest BCUT2D eigenvalue weighted by atomic mass is 10.1. The van der Waals surface area contributed by atoms with Crippen LogP contribution in [0.25, 0.3) is 17.2 Å². The lowest BCUT2D eigenvalue weighted by molar-refractivity contribution is 0.537. The van der Waals surface area contributed by atoms with Crippen LogP contribution < -0.4 is 5.32 Å². The molecule has 3 N–H and O–H groups in total. The van der Waals surface area contributed by atoms with Crippen molar-refractivity contribution in [3.63, 3.8) is 0 Å². The minimum absolute atomic E-state index is 0.0997. The van der Waals surface area contributed by atoms with Gasteiger partial charge in [-0.1, -0.05) is 19.1 Å². The molecule has 0 saturated carbocycles. The van der Waals surface area contributed by atoms with Crippen LogP contribution in [-0.2, 0) is 17.7 Å². The van der Waals surface area contributed by atoms with Gasteiger partial charge in [-0.25, -0.2) is 0 Å². The predicted molar refractivity (Wildman–Crippen MR) is 121 cm³/mol. The number of hydrogen-bond donors (Lipinski definition) is 3. The number of nitrogens with one attached hydrogen (secondary N) is 3. The zero-order valence-electron chi connectivity index (χ0n) is 17.0. The third kappa shape index (κ3) is 5.88. The van der Waals surface area contributed by atoms with E-state index in [1.165, 1.54) is 0 Å². The quantitative estimate of drug-likeness (QED) is 0.329. The van der Waals surface area contributed by atoms with Crippen LogP contribution in [0.5, 0.6) is 0 Å². The highest BCUT2D eigenvalue weighted by Gasteiger charge is 2.06. The minimum atomic E-state index is 0.0997. The van der Waals surface area contributed by atoms with E-state index in [1.54, 1.807) is 6.20 Å². The van der Waals surface area contributed by atoms with E-state index in [0.29, 0.717) is 12.8 Å². The molecule has 0 unspecified atom stereocenters. The second-order valence-electron chi connectivity index (χ2n) is 6.79. The van der Waals surface area contributed by atoms with Gasteiger partial charge in [0.2, 0.25) is 0 Å². The summed E-state index contributed by atoms with van der Waals surface area (Å²) in [5.74, 6) is 0.0997. The van der Waals surface area contributed by atoms with Gasteiger partial charge in [0.1, 0.15) is 0 Å². The molecular weight excluding hydrogens is 376 g/mol. The number of benzene rings is 1. The topological polar surface area (TPSA) is 99.7 Å². The molecule has 0 aliphatic heterocycles. The summed E-state index contributed by atoms with van der Waals surface area (Å²) in [4.78, 5) is 4.25. The zero-order valence-corrected chi connectivity index (χ0v) is 17.0. The van der Waals surface area contributed by atoms with Crippen molar-refractivity contribution >= 4 is 24.1 Å². The fourth-order valence-electron chi connectivity index (χ4n) is 3.04. The van der Waals surface area contributed by atoms with Gasteiger partial charge in [0.25, 0.3) is 0 Å². The van der Waals surface area contributed by atoms with Crippen molar-refractivity contribution in [1.29, 1.82) is 10.8 Å². The normalized spacial score (nSPS) is 10.8. The van der Waals surface area contributed by atoms with Gasteiger partial charge in [0, 0.05) is 54.6 Å². The molecule has 0 spiro atoms. The van der Waals surface area contributed by atoms with Gasteiger partial charge in [0.05, 0.1) is 6.20 Å². The maximum atomic E-state index is 7.55. The lowest BCUT2D eigenvalue weighted by Crippen LogP contribution is -2.02. The summed E-state index contributed by atoms with van der Waals surface area (Å²) >= 11 is 0. The molecule has 7 heteroatoms. The Balaban J connectivity index is 1.61. The fourth-order valence-corrected chi connectivity index (χ4v) is 3.04. The Labute approximate surface area is 176 Å². The number of ether oxygens (including phenoxy) is 1. The second kappa shape index (κ2) is 10.7. The first-order valence-corrected chi connectivity index (χ1v) is 9.91. The summed E-state index contributed by atoms with van der Waals surface area (Å²) in [6.45, 7) is 3.04. The van der Waals surface area contributed by atoms with Crippen LogP contribution in [0.4, 0.5) is 5.69 Å². The molecule has 0 saturated heterocycles. The number of pyridine rings is 1. The van der Waals surface area contributed by atoms with Crippen LogP contribution in [0.2, 0.25) is 0 Å². The van der Waals surface area contributed by atoms with Crippen molar-refractivity contribution < 1.29 is 4.74 Å². The Kier molecular flexibility index (Phi) is 7.49. The second-order valence-corrected chi connectivity index (χ2v) is 6.79. The standard InChI is InChI=1S/C23H26N6O/c1-2-13-29-16-20(15-28-29)22-10-11-26-14-19(22)9-12-27-21-6-3-18(4-7-21)5-8-23(25)30-17-24/h3-4,6-7,9-12,14-17,24-25,27H,2,5,8,13H2,1H3/b12-9-,24-17?,25-23?. The first-order valence-electron chi connectivity index (χ1n) is 9.91. The average molecular weight is 403 g/mol. The molecule has 7 nitrogen and oxygen atoms in total. The minimum Gasteiger partial charge on any atom is -0.433 e. The van der Waals surface area contributed by atoms with Crippen LogP contribution >= 0.6 is 0 Å². The van der Waals surface area contributed by atoms with Crippen LogP contribution in [0.3, 0.4) is 0 Å². The summed E-state index contributed by atoms with van der Waals surface area (Å²) in [5.41, 5.74) is 5.27. The number of anilines is 1. The van der Waals surface area contributed by atoms with Crippen LogP contribution in [0.1, 0.15) is 30.9 Å². The first kappa shape index (κ1) is 21.0. The predicted octanol–water partition coefficient (Wildman–Crippen LogP) is 4.97. The Bertz CT molecular complexity index is 1010. The molecule has 30 heavy (non-hydrogen) atoms. The van der Waals surface area contributed by atoms with Crippen LogP contribution in [0.15, 0.2) is 61.3 Å². The van der Waals surface area contributed by atoms with E-state index < -0.39 is 0 Å². The molecule has 0 bridgehead atoms. The number of aromatic nitrogens is 3. The van der Waals surface area contributed by atoms with E-state index in [9.17, 15) is 0 Å². The van der Waals surface area contributed by atoms with Gasteiger partial charge in [-0.05, 0) is 48.2 Å². The molecule has 0 aliphatic carbocycles. The monoisotopic (exact) mass is 402 g/mol. The summed E-state index contributed by atoms with van der Waals surface area (Å²) < 4.78 is 6.69. The molecule has 2 heterocycles. The maximum Gasteiger partial charge on any atom is 0.189 e. The third-order valence-electron chi connectivity index (χ3n) is 4.56.